The number of benzene rings is 1. The van der Waals surface area contributed by atoms with Gasteiger partial charge in [0.25, 0.3) is 0 Å². The highest BCUT2D eigenvalue weighted by Crippen LogP contribution is 2.18. The van der Waals surface area contributed by atoms with Crippen molar-refractivity contribution in [3.05, 3.63) is 66.2 Å². The number of likely N-dealkylation sites (N-methyl/N-ethyl adjacent to an activating group) is 1. The van der Waals surface area contributed by atoms with Crippen LogP contribution in [0.4, 0.5) is 0 Å². The Bertz CT molecular complexity index is 1020. The second kappa shape index (κ2) is 5.81. The Morgan fingerprint density at radius 1 is 1.17 bits per heavy atom. The molecule has 6 nitrogen and oxygen atoms in total. The van der Waals surface area contributed by atoms with Crippen LogP contribution in [-0.2, 0) is 17.8 Å². The average Bonchev–Trinajstić information content (AvgIpc) is 3.20. The fourth-order valence-corrected chi connectivity index (χ4v) is 2.87. The summed E-state index contributed by atoms with van der Waals surface area (Å²) in [7, 11) is 1.79. The number of hydrogen-bond acceptors (Lipinski definition) is 3. The topological polar surface area (TPSA) is 66.3 Å². The molecule has 0 fully saturated rings. The first kappa shape index (κ1) is 14.4. The van der Waals surface area contributed by atoms with Gasteiger partial charge in [0.05, 0.1) is 13.0 Å². The number of carbonyl (C=O) groups is 1. The molecule has 0 bridgehead atoms. The van der Waals surface area contributed by atoms with Crippen molar-refractivity contribution in [3.8, 4) is 0 Å². The summed E-state index contributed by atoms with van der Waals surface area (Å²) < 4.78 is 1.90. The Hall–Kier alpha value is -3.15. The monoisotopic (exact) mass is 319 g/mol. The van der Waals surface area contributed by atoms with Gasteiger partial charge in [-0.05, 0) is 23.8 Å². The van der Waals surface area contributed by atoms with Crippen LogP contribution in [0.5, 0.6) is 0 Å². The highest BCUT2D eigenvalue weighted by Gasteiger charge is 2.15. The van der Waals surface area contributed by atoms with E-state index in [0.29, 0.717) is 13.0 Å². The lowest BCUT2D eigenvalue weighted by Gasteiger charge is -2.15. The van der Waals surface area contributed by atoms with Crippen LogP contribution < -0.4 is 0 Å². The van der Waals surface area contributed by atoms with Gasteiger partial charge in [-0.25, -0.2) is 0 Å². The van der Waals surface area contributed by atoms with E-state index in [1.54, 1.807) is 11.9 Å². The van der Waals surface area contributed by atoms with E-state index in [4.69, 9.17) is 0 Å². The first-order chi connectivity index (χ1) is 11.7. The molecule has 0 saturated heterocycles. The molecule has 0 radical (unpaired) electrons. The van der Waals surface area contributed by atoms with Crippen LogP contribution in [0.3, 0.4) is 0 Å². The first-order valence-electron chi connectivity index (χ1n) is 7.80. The summed E-state index contributed by atoms with van der Waals surface area (Å²) in [5.41, 5.74) is 2.84. The number of aromatic amines is 1. The fourth-order valence-electron chi connectivity index (χ4n) is 2.87. The lowest BCUT2D eigenvalue weighted by molar-refractivity contribution is -0.129. The Morgan fingerprint density at radius 3 is 2.92 bits per heavy atom. The van der Waals surface area contributed by atoms with Crippen molar-refractivity contribution in [3.63, 3.8) is 0 Å². The van der Waals surface area contributed by atoms with Gasteiger partial charge in [0, 0.05) is 30.3 Å². The van der Waals surface area contributed by atoms with Gasteiger partial charge in [-0.2, -0.15) is 0 Å². The molecule has 4 rings (SSSR count). The third-order valence-electron chi connectivity index (χ3n) is 4.21. The van der Waals surface area contributed by atoms with E-state index in [-0.39, 0.29) is 5.91 Å². The van der Waals surface area contributed by atoms with E-state index >= 15 is 0 Å². The van der Waals surface area contributed by atoms with Crippen LogP contribution in [-0.4, -0.2) is 37.4 Å². The number of nitrogens with zero attached hydrogens (tertiary/aromatic N) is 4. The van der Waals surface area contributed by atoms with Crippen LogP contribution in [0.15, 0.2) is 54.9 Å². The summed E-state index contributed by atoms with van der Waals surface area (Å²) in [6, 6.07) is 13.7. The number of amides is 1. The Balaban J connectivity index is 1.52. The van der Waals surface area contributed by atoms with E-state index in [2.05, 4.69) is 15.2 Å². The zero-order valence-electron chi connectivity index (χ0n) is 13.3. The minimum Gasteiger partial charge on any atom is -0.361 e. The SMILES string of the molecule is CN(Cc1nnc2ccccn12)C(=O)Cc1c[nH]c2ccccc12. The number of carbonyl (C=O) groups excluding carboxylic acids is 1. The summed E-state index contributed by atoms with van der Waals surface area (Å²) >= 11 is 0. The molecule has 0 unspecified atom stereocenters. The molecule has 0 aliphatic carbocycles. The van der Waals surface area contributed by atoms with Crippen molar-refractivity contribution < 1.29 is 4.79 Å². The predicted octanol–water partition coefficient (Wildman–Crippen LogP) is 2.41. The molecule has 0 saturated carbocycles. The first-order valence-corrected chi connectivity index (χ1v) is 7.80. The maximum atomic E-state index is 12.6. The molecule has 1 amide bonds. The minimum absolute atomic E-state index is 0.0486. The van der Waals surface area contributed by atoms with Gasteiger partial charge >= 0.3 is 0 Å². The van der Waals surface area contributed by atoms with Gasteiger partial charge in [-0.3, -0.25) is 9.20 Å². The molecule has 3 heterocycles. The maximum absolute atomic E-state index is 12.6. The Kier molecular flexibility index (Phi) is 3.49. The predicted molar refractivity (Wildman–Crippen MR) is 91.5 cm³/mol. The molecule has 0 spiro atoms. The van der Waals surface area contributed by atoms with Gasteiger partial charge < -0.3 is 9.88 Å². The third-order valence-corrected chi connectivity index (χ3v) is 4.21. The number of nitrogens with one attached hydrogen (secondary N) is 1. The molecule has 6 heteroatoms. The van der Waals surface area contributed by atoms with Crippen LogP contribution in [0.2, 0.25) is 0 Å². The molecule has 0 atom stereocenters. The van der Waals surface area contributed by atoms with E-state index in [0.717, 1.165) is 27.9 Å². The van der Waals surface area contributed by atoms with E-state index < -0.39 is 0 Å². The largest absolute Gasteiger partial charge is 0.361 e. The summed E-state index contributed by atoms with van der Waals surface area (Å²) in [5, 5.41) is 9.39. The van der Waals surface area contributed by atoms with Crippen LogP contribution in [0, 0.1) is 0 Å². The minimum atomic E-state index is 0.0486. The summed E-state index contributed by atoms with van der Waals surface area (Å²) in [6.07, 6.45) is 4.17. The quantitative estimate of drug-likeness (QED) is 0.628. The Labute approximate surface area is 138 Å². The van der Waals surface area contributed by atoms with Crippen molar-refractivity contribution >= 4 is 22.5 Å². The smallest absolute Gasteiger partial charge is 0.227 e. The van der Waals surface area contributed by atoms with Crippen LogP contribution in [0.25, 0.3) is 16.6 Å². The average molecular weight is 319 g/mol. The molecular weight excluding hydrogens is 302 g/mol. The molecule has 4 aromatic rings. The van der Waals surface area contributed by atoms with E-state index in [9.17, 15) is 4.79 Å². The third kappa shape index (κ3) is 2.52. The number of pyridine rings is 1. The lowest BCUT2D eigenvalue weighted by atomic mass is 10.1. The fraction of sp³-hybridized carbons (Fsp3) is 0.167. The molecule has 0 aliphatic heterocycles. The number of hydrogen-bond donors (Lipinski definition) is 1. The molecule has 3 aromatic heterocycles. The van der Waals surface area contributed by atoms with Gasteiger partial charge in [0.1, 0.15) is 0 Å². The van der Waals surface area contributed by atoms with Gasteiger partial charge in [-0.1, -0.05) is 24.3 Å². The van der Waals surface area contributed by atoms with Crippen molar-refractivity contribution in [1.82, 2.24) is 24.5 Å². The summed E-state index contributed by atoms with van der Waals surface area (Å²) in [5.74, 6) is 0.799. The summed E-state index contributed by atoms with van der Waals surface area (Å²) in [4.78, 5) is 17.5. The lowest BCUT2D eigenvalue weighted by Crippen LogP contribution is -2.28. The molecule has 24 heavy (non-hydrogen) atoms. The molecule has 1 aromatic carbocycles. The Morgan fingerprint density at radius 2 is 2.00 bits per heavy atom. The summed E-state index contributed by atoms with van der Waals surface area (Å²) in [6.45, 7) is 0.423. The number of fused-ring (bicyclic) bond motifs is 2. The number of para-hydroxylation sites is 1. The number of aromatic nitrogens is 4. The van der Waals surface area contributed by atoms with Gasteiger partial charge in [0.15, 0.2) is 11.5 Å². The van der Waals surface area contributed by atoms with Crippen LogP contribution >= 0.6 is 0 Å². The van der Waals surface area contributed by atoms with Gasteiger partial charge in [-0.15, -0.1) is 10.2 Å². The molecular formula is C18H17N5O. The highest BCUT2D eigenvalue weighted by atomic mass is 16.2. The number of rotatable bonds is 4. The van der Waals surface area contributed by atoms with Gasteiger partial charge in [0.2, 0.25) is 5.91 Å². The van der Waals surface area contributed by atoms with Crippen molar-refractivity contribution in [1.29, 1.82) is 0 Å². The van der Waals surface area contributed by atoms with Crippen molar-refractivity contribution in [2.45, 2.75) is 13.0 Å². The molecule has 0 aliphatic rings. The highest BCUT2D eigenvalue weighted by molar-refractivity contribution is 5.88. The zero-order valence-corrected chi connectivity index (χ0v) is 13.3. The molecule has 1 N–H and O–H groups in total. The number of H-pyrrole nitrogens is 1. The zero-order chi connectivity index (χ0) is 16.5. The molecule has 120 valence electrons. The van der Waals surface area contributed by atoms with Crippen molar-refractivity contribution in [2.24, 2.45) is 0 Å². The van der Waals surface area contributed by atoms with Crippen molar-refractivity contribution in [2.75, 3.05) is 7.05 Å². The normalized spacial score (nSPS) is 11.2. The second-order valence-corrected chi connectivity index (χ2v) is 5.83. The van der Waals surface area contributed by atoms with Crippen LogP contribution in [0.1, 0.15) is 11.4 Å². The standard InChI is InChI=1S/C18H17N5O/c1-22(12-17-21-20-16-8-4-5-9-23(16)17)18(24)10-13-11-19-15-7-3-2-6-14(13)15/h2-9,11,19H,10,12H2,1H3. The van der Waals surface area contributed by atoms with E-state index in [1.807, 2.05) is 59.3 Å². The second-order valence-electron chi connectivity index (χ2n) is 5.83. The van der Waals surface area contributed by atoms with E-state index in [1.165, 1.54) is 0 Å². The maximum Gasteiger partial charge on any atom is 0.227 e.